The first-order chi connectivity index (χ1) is 9.53. The first-order valence-electron chi connectivity index (χ1n) is 7.45. The first kappa shape index (κ1) is 14.9. The second kappa shape index (κ2) is 6.29. The number of carbonyl (C=O) groups is 2. The molecule has 2 aliphatic rings. The van der Waals surface area contributed by atoms with Crippen LogP contribution in [0.2, 0.25) is 0 Å². The molecule has 2 rings (SSSR count). The summed E-state index contributed by atoms with van der Waals surface area (Å²) in [5, 5.41) is 12.2. The molecule has 0 aromatic heterocycles. The quantitative estimate of drug-likeness (QED) is 0.777. The highest BCUT2D eigenvalue weighted by atomic mass is 16.4. The second-order valence-corrected chi connectivity index (χ2v) is 6.00. The molecule has 1 saturated carbocycles. The van der Waals surface area contributed by atoms with Crippen LogP contribution < -0.4 is 5.32 Å². The topological polar surface area (TPSA) is 69.6 Å². The number of rotatable bonds is 4. The van der Waals surface area contributed by atoms with Crippen molar-refractivity contribution in [2.75, 3.05) is 7.05 Å². The molecule has 0 spiro atoms. The van der Waals surface area contributed by atoms with Crippen molar-refractivity contribution < 1.29 is 14.7 Å². The van der Waals surface area contributed by atoms with Gasteiger partial charge in [-0.15, -0.1) is 0 Å². The summed E-state index contributed by atoms with van der Waals surface area (Å²) in [5.74, 6) is -0.825. The number of hydrogen-bond acceptors (Lipinski definition) is 2. The minimum absolute atomic E-state index is 0.0415. The van der Waals surface area contributed by atoms with Gasteiger partial charge < -0.3 is 15.3 Å². The Kier molecular flexibility index (Phi) is 4.68. The van der Waals surface area contributed by atoms with Crippen molar-refractivity contribution in [2.45, 2.75) is 62.9 Å². The Bertz CT molecular complexity index is 392. The van der Waals surface area contributed by atoms with Gasteiger partial charge in [0.2, 0.25) is 0 Å². The molecule has 2 N–H and O–H groups in total. The van der Waals surface area contributed by atoms with E-state index >= 15 is 0 Å². The van der Waals surface area contributed by atoms with E-state index < -0.39 is 11.5 Å². The van der Waals surface area contributed by atoms with Crippen LogP contribution in [0, 0.1) is 0 Å². The van der Waals surface area contributed by atoms with Crippen LogP contribution in [-0.2, 0) is 4.79 Å². The van der Waals surface area contributed by atoms with Crippen LogP contribution in [0.4, 0.5) is 4.79 Å². The average molecular weight is 280 g/mol. The highest BCUT2D eigenvalue weighted by Gasteiger charge is 2.40. The van der Waals surface area contributed by atoms with Gasteiger partial charge in [0.05, 0.1) is 12.0 Å². The summed E-state index contributed by atoms with van der Waals surface area (Å²) in [5.41, 5.74) is -0.514. The van der Waals surface area contributed by atoms with E-state index in [0.717, 1.165) is 44.9 Å². The Labute approximate surface area is 120 Å². The van der Waals surface area contributed by atoms with E-state index in [2.05, 4.69) is 17.5 Å². The Morgan fingerprint density at radius 1 is 1.25 bits per heavy atom. The molecule has 0 saturated heterocycles. The van der Waals surface area contributed by atoms with E-state index in [1.807, 2.05) is 0 Å². The molecule has 112 valence electrons. The summed E-state index contributed by atoms with van der Waals surface area (Å²) in [6.45, 7) is 0. The van der Waals surface area contributed by atoms with Crippen LogP contribution in [0.5, 0.6) is 0 Å². The van der Waals surface area contributed by atoms with Crippen LogP contribution in [0.15, 0.2) is 12.2 Å². The number of nitrogens with zero attached hydrogens (tertiary/aromatic N) is 1. The van der Waals surface area contributed by atoms with Crippen molar-refractivity contribution in [3.63, 3.8) is 0 Å². The number of nitrogens with one attached hydrogen (secondary N) is 1. The van der Waals surface area contributed by atoms with Gasteiger partial charge in [0, 0.05) is 13.1 Å². The minimum Gasteiger partial charge on any atom is -0.481 e. The molecule has 20 heavy (non-hydrogen) atoms. The third-order valence-electron chi connectivity index (χ3n) is 4.62. The fraction of sp³-hybridized carbons (Fsp3) is 0.733. The number of amides is 2. The van der Waals surface area contributed by atoms with Gasteiger partial charge in [0.1, 0.15) is 0 Å². The fourth-order valence-corrected chi connectivity index (χ4v) is 3.34. The summed E-state index contributed by atoms with van der Waals surface area (Å²) >= 11 is 0. The summed E-state index contributed by atoms with van der Waals surface area (Å²) in [7, 11) is 1.74. The van der Waals surface area contributed by atoms with Crippen LogP contribution in [0.25, 0.3) is 0 Å². The SMILES string of the molecule is CN(C(=O)NC1CC=CC1)C1(CC(=O)O)CCCCC1. The molecule has 2 amide bonds. The number of carbonyl (C=O) groups excluding carboxylic acids is 1. The van der Waals surface area contributed by atoms with Crippen LogP contribution in [0.3, 0.4) is 0 Å². The van der Waals surface area contributed by atoms with E-state index in [4.69, 9.17) is 0 Å². The lowest BCUT2D eigenvalue weighted by Gasteiger charge is -2.44. The fourth-order valence-electron chi connectivity index (χ4n) is 3.34. The Morgan fingerprint density at radius 2 is 1.85 bits per heavy atom. The zero-order valence-corrected chi connectivity index (χ0v) is 12.1. The number of hydrogen-bond donors (Lipinski definition) is 2. The first-order valence-corrected chi connectivity index (χ1v) is 7.45. The predicted octanol–water partition coefficient (Wildman–Crippen LogP) is 2.52. The Hall–Kier alpha value is -1.52. The number of urea groups is 1. The molecule has 0 aromatic carbocycles. The molecule has 0 atom stereocenters. The highest BCUT2D eigenvalue weighted by molar-refractivity contribution is 5.77. The Balaban J connectivity index is 2.02. The normalized spacial score (nSPS) is 21.6. The van der Waals surface area contributed by atoms with Crippen LogP contribution >= 0.6 is 0 Å². The highest BCUT2D eigenvalue weighted by Crippen LogP contribution is 2.36. The summed E-state index contributed by atoms with van der Waals surface area (Å²) < 4.78 is 0. The van der Waals surface area contributed by atoms with Crippen molar-refractivity contribution >= 4 is 12.0 Å². The van der Waals surface area contributed by atoms with E-state index in [0.29, 0.717) is 0 Å². The minimum atomic E-state index is -0.825. The molecular weight excluding hydrogens is 256 g/mol. The lowest BCUT2D eigenvalue weighted by atomic mass is 9.78. The van der Waals surface area contributed by atoms with Gasteiger partial charge in [-0.1, -0.05) is 31.4 Å². The van der Waals surface area contributed by atoms with Crippen molar-refractivity contribution in [1.29, 1.82) is 0 Å². The number of aliphatic carboxylic acids is 1. The van der Waals surface area contributed by atoms with Crippen molar-refractivity contribution in [3.8, 4) is 0 Å². The maximum absolute atomic E-state index is 12.4. The molecule has 5 heteroatoms. The molecule has 2 aliphatic carbocycles. The average Bonchev–Trinajstić information content (AvgIpc) is 2.91. The second-order valence-electron chi connectivity index (χ2n) is 6.00. The van der Waals surface area contributed by atoms with Gasteiger partial charge in [-0.05, 0) is 25.7 Å². The molecule has 1 fully saturated rings. The zero-order chi connectivity index (χ0) is 14.6. The van der Waals surface area contributed by atoms with Crippen LogP contribution in [0.1, 0.15) is 51.4 Å². The van der Waals surface area contributed by atoms with Gasteiger partial charge in [-0.25, -0.2) is 4.79 Å². The largest absolute Gasteiger partial charge is 0.481 e. The molecule has 0 radical (unpaired) electrons. The third-order valence-corrected chi connectivity index (χ3v) is 4.62. The van der Waals surface area contributed by atoms with Gasteiger partial charge in [0.15, 0.2) is 0 Å². The summed E-state index contributed by atoms with van der Waals surface area (Å²) in [6.07, 6.45) is 10.6. The molecule has 0 unspecified atom stereocenters. The third kappa shape index (κ3) is 3.32. The van der Waals surface area contributed by atoms with Gasteiger partial charge in [-0.3, -0.25) is 4.79 Å². The van der Waals surface area contributed by atoms with Gasteiger partial charge >= 0.3 is 12.0 Å². The van der Waals surface area contributed by atoms with Gasteiger partial charge in [0.25, 0.3) is 0 Å². The Morgan fingerprint density at radius 3 is 2.40 bits per heavy atom. The molecular formula is C15H24N2O3. The lowest BCUT2D eigenvalue weighted by Crippen LogP contribution is -2.56. The van der Waals surface area contributed by atoms with Crippen LogP contribution in [-0.4, -0.2) is 40.6 Å². The monoisotopic (exact) mass is 280 g/mol. The summed E-state index contributed by atoms with van der Waals surface area (Å²) in [4.78, 5) is 25.2. The zero-order valence-electron chi connectivity index (χ0n) is 12.1. The van der Waals surface area contributed by atoms with Crippen molar-refractivity contribution in [1.82, 2.24) is 10.2 Å². The standard InChI is InChI=1S/C15H24N2O3/c1-17(14(20)16-12-7-3-4-8-12)15(11-13(18)19)9-5-2-6-10-15/h3-4,12H,2,5-11H2,1H3,(H,16,20)(H,18,19). The molecule has 0 aliphatic heterocycles. The molecule has 0 bridgehead atoms. The molecule has 5 nitrogen and oxygen atoms in total. The molecule has 0 aromatic rings. The summed E-state index contributed by atoms with van der Waals surface area (Å²) in [6, 6.07) is 0.0252. The smallest absolute Gasteiger partial charge is 0.317 e. The predicted molar refractivity (Wildman–Crippen MR) is 76.5 cm³/mol. The maximum atomic E-state index is 12.4. The van der Waals surface area contributed by atoms with E-state index in [1.165, 1.54) is 0 Å². The lowest BCUT2D eigenvalue weighted by molar-refractivity contribution is -0.140. The van der Waals surface area contributed by atoms with E-state index in [9.17, 15) is 14.7 Å². The number of carboxylic acids is 1. The van der Waals surface area contributed by atoms with Gasteiger partial charge in [-0.2, -0.15) is 0 Å². The maximum Gasteiger partial charge on any atom is 0.317 e. The molecule has 0 heterocycles. The van der Waals surface area contributed by atoms with Crippen molar-refractivity contribution in [2.24, 2.45) is 0 Å². The van der Waals surface area contributed by atoms with Crippen molar-refractivity contribution in [3.05, 3.63) is 12.2 Å². The number of carboxylic acid groups (broad SMARTS) is 1. The van der Waals surface area contributed by atoms with E-state index in [-0.39, 0.29) is 18.5 Å². The van der Waals surface area contributed by atoms with E-state index in [1.54, 1.807) is 11.9 Å².